The molecule has 2 saturated heterocycles. The lowest BCUT2D eigenvalue weighted by atomic mass is 10.1. The summed E-state index contributed by atoms with van der Waals surface area (Å²) in [4.78, 5) is 41.0. The highest BCUT2D eigenvalue weighted by molar-refractivity contribution is 8.18. The van der Waals surface area contributed by atoms with E-state index in [2.05, 4.69) is 0 Å². The van der Waals surface area contributed by atoms with Gasteiger partial charge in [-0.15, -0.1) is 0 Å². The molecule has 2 aliphatic heterocycles. The molecule has 0 saturated carbocycles. The number of carbonyl (C=O) groups is 3. The third-order valence-electron chi connectivity index (χ3n) is 6.14. The summed E-state index contributed by atoms with van der Waals surface area (Å²) in [5, 5.41) is -0.119. The number of hydrogen-bond acceptors (Lipinski definition) is 6. The zero-order valence-corrected chi connectivity index (χ0v) is 22.0. The van der Waals surface area contributed by atoms with Gasteiger partial charge < -0.3 is 14.4 Å². The summed E-state index contributed by atoms with van der Waals surface area (Å²) >= 11 is 7.37. The number of amides is 3. The van der Waals surface area contributed by atoms with E-state index in [4.69, 9.17) is 21.1 Å². The molecule has 3 amide bonds. The topological polar surface area (TPSA) is 76.2 Å². The molecular formula is C27H29ClN2O5S. The fourth-order valence-corrected chi connectivity index (χ4v) is 5.27. The normalized spacial score (nSPS) is 17.1. The van der Waals surface area contributed by atoms with Gasteiger partial charge in [-0.25, -0.2) is 0 Å². The molecule has 36 heavy (non-hydrogen) atoms. The predicted molar refractivity (Wildman–Crippen MR) is 141 cm³/mol. The number of benzene rings is 2. The number of hydrogen-bond donors (Lipinski definition) is 0. The maximum absolute atomic E-state index is 12.9. The lowest BCUT2D eigenvalue weighted by Gasteiger charge is -2.27. The average molecular weight is 529 g/mol. The van der Waals surface area contributed by atoms with Gasteiger partial charge in [-0.3, -0.25) is 19.3 Å². The minimum absolute atomic E-state index is 0.199. The Labute approximate surface area is 220 Å². The Bertz CT molecular complexity index is 1190. The first-order valence-corrected chi connectivity index (χ1v) is 13.2. The molecule has 0 aromatic heterocycles. The molecule has 0 bridgehead atoms. The van der Waals surface area contributed by atoms with Crippen LogP contribution in [0.25, 0.3) is 6.08 Å². The molecule has 0 aliphatic carbocycles. The van der Waals surface area contributed by atoms with Gasteiger partial charge in [-0.1, -0.05) is 35.9 Å². The third-order valence-corrected chi connectivity index (χ3v) is 7.33. The fourth-order valence-electron chi connectivity index (χ4n) is 4.16. The lowest BCUT2D eigenvalue weighted by molar-refractivity contribution is -0.136. The van der Waals surface area contributed by atoms with Gasteiger partial charge in [-0.2, -0.15) is 0 Å². The van der Waals surface area contributed by atoms with Gasteiger partial charge in [0.25, 0.3) is 11.1 Å². The van der Waals surface area contributed by atoms with Crippen LogP contribution in [0.3, 0.4) is 0 Å². The number of nitrogens with zero attached hydrogens (tertiary/aromatic N) is 2. The van der Waals surface area contributed by atoms with Crippen molar-refractivity contribution in [3.8, 4) is 11.5 Å². The number of likely N-dealkylation sites (tertiary alicyclic amines) is 1. The Morgan fingerprint density at radius 1 is 1.11 bits per heavy atom. The van der Waals surface area contributed by atoms with Crippen molar-refractivity contribution in [2.24, 2.45) is 0 Å². The van der Waals surface area contributed by atoms with Crippen LogP contribution < -0.4 is 9.47 Å². The van der Waals surface area contributed by atoms with Crippen molar-refractivity contribution in [3.63, 3.8) is 0 Å². The van der Waals surface area contributed by atoms with E-state index in [0.29, 0.717) is 48.4 Å². The molecule has 190 valence electrons. The molecular weight excluding hydrogens is 500 g/mol. The van der Waals surface area contributed by atoms with Crippen LogP contribution in [0.5, 0.6) is 11.5 Å². The molecule has 7 nitrogen and oxygen atoms in total. The number of halogens is 1. The number of imide groups is 1. The molecule has 2 heterocycles. The van der Waals surface area contributed by atoms with Gasteiger partial charge in [0.2, 0.25) is 5.91 Å². The molecule has 0 unspecified atom stereocenters. The Hall–Kier alpha value is -2.97. The van der Waals surface area contributed by atoms with Crippen molar-refractivity contribution in [2.75, 3.05) is 26.2 Å². The van der Waals surface area contributed by atoms with Crippen LogP contribution in [0, 0.1) is 6.92 Å². The van der Waals surface area contributed by atoms with E-state index in [1.165, 1.54) is 0 Å². The minimum Gasteiger partial charge on any atom is -0.490 e. The van der Waals surface area contributed by atoms with Crippen molar-refractivity contribution in [2.45, 2.75) is 39.7 Å². The van der Waals surface area contributed by atoms with Gasteiger partial charge in [-0.05, 0) is 79.8 Å². The van der Waals surface area contributed by atoms with Crippen molar-refractivity contribution in [3.05, 3.63) is 63.0 Å². The molecule has 0 spiro atoms. The van der Waals surface area contributed by atoms with Gasteiger partial charge in [0.15, 0.2) is 11.5 Å². The highest BCUT2D eigenvalue weighted by Crippen LogP contribution is 2.39. The first-order chi connectivity index (χ1) is 17.4. The van der Waals surface area contributed by atoms with E-state index in [0.717, 1.165) is 47.1 Å². The zero-order chi connectivity index (χ0) is 25.7. The van der Waals surface area contributed by atoms with E-state index in [-0.39, 0.29) is 17.4 Å². The monoisotopic (exact) mass is 528 g/mol. The van der Waals surface area contributed by atoms with E-state index >= 15 is 0 Å². The van der Waals surface area contributed by atoms with Crippen LogP contribution in [0.2, 0.25) is 5.02 Å². The van der Waals surface area contributed by atoms with Gasteiger partial charge >= 0.3 is 0 Å². The Morgan fingerprint density at radius 3 is 2.58 bits per heavy atom. The number of rotatable bonds is 8. The molecule has 2 aromatic rings. The summed E-state index contributed by atoms with van der Waals surface area (Å²) < 4.78 is 11.8. The average Bonchev–Trinajstić information content (AvgIpc) is 3.12. The summed E-state index contributed by atoms with van der Waals surface area (Å²) in [7, 11) is 0. The van der Waals surface area contributed by atoms with Crippen molar-refractivity contribution >= 4 is 46.5 Å². The summed E-state index contributed by atoms with van der Waals surface area (Å²) in [5.41, 5.74) is 2.74. The summed E-state index contributed by atoms with van der Waals surface area (Å²) in [6.45, 7) is 5.70. The summed E-state index contributed by atoms with van der Waals surface area (Å²) in [6, 6.07) is 11.3. The van der Waals surface area contributed by atoms with Crippen LogP contribution in [0.4, 0.5) is 4.79 Å². The lowest BCUT2D eigenvalue weighted by Crippen LogP contribution is -2.44. The Morgan fingerprint density at radius 2 is 1.86 bits per heavy atom. The third kappa shape index (κ3) is 6.05. The Balaban J connectivity index is 1.51. The number of carbonyl (C=O) groups excluding carboxylic acids is 3. The highest BCUT2D eigenvalue weighted by Gasteiger charge is 2.37. The van der Waals surface area contributed by atoms with Crippen LogP contribution in [0.15, 0.2) is 41.3 Å². The van der Waals surface area contributed by atoms with Gasteiger partial charge in [0.1, 0.15) is 13.2 Å². The van der Waals surface area contributed by atoms with Crippen LogP contribution in [0.1, 0.15) is 42.9 Å². The number of piperidine rings is 1. The molecule has 2 aliphatic rings. The highest BCUT2D eigenvalue weighted by atomic mass is 35.5. The standard InChI is InChI=1S/C27H29ClN2O5S/c1-3-34-22-14-19(13-21(28)25(22)35-17-20-10-6-5-9-18(20)2)15-23-26(32)30(27(33)36-23)16-24(31)29-11-7-4-8-12-29/h5-6,9-10,13-15H,3-4,7-8,11-12,16-17H2,1-2H3/b23-15-. The zero-order valence-electron chi connectivity index (χ0n) is 20.4. The second-order valence-electron chi connectivity index (χ2n) is 8.69. The molecule has 0 N–H and O–H groups in total. The molecule has 2 aromatic carbocycles. The smallest absolute Gasteiger partial charge is 0.294 e. The Kier molecular flexibility index (Phi) is 8.59. The maximum Gasteiger partial charge on any atom is 0.294 e. The van der Waals surface area contributed by atoms with Crippen molar-refractivity contribution in [1.82, 2.24) is 9.80 Å². The largest absolute Gasteiger partial charge is 0.490 e. The molecule has 0 radical (unpaired) electrons. The number of ether oxygens (including phenoxy) is 2. The second kappa shape index (κ2) is 11.8. The summed E-state index contributed by atoms with van der Waals surface area (Å²) in [5.74, 6) is 0.183. The minimum atomic E-state index is -0.482. The molecule has 0 atom stereocenters. The van der Waals surface area contributed by atoms with Crippen LogP contribution >= 0.6 is 23.4 Å². The first kappa shape index (κ1) is 26.1. The van der Waals surface area contributed by atoms with E-state index in [1.54, 1.807) is 23.1 Å². The van der Waals surface area contributed by atoms with E-state index < -0.39 is 11.1 Å². The van der Waals surface area contributed by atoms with E-state index in [9.17, 15) is 14.4 Å². The molecule has 2 fully saturated rings. The number of thioether (sulfide) groups is 1. The van der Waals surface area contributed by atoms with Crippen LogP contribution in [-0.4, -0.2) is 53.1 Å². The second-order valence-corrected chi connectivity index (χ2v) is 10.1. The van der Waals surface area contributed by atoms with Gasteiger partial charge in [0.05, 0.1) is 16.5 Å². The maximum atomic E-state index is 12.9. The molecule has 9 heteroatoms. The quantitative estimate of drug-likeness (QED) is 0.411. The van der Waals surface area contributed by atoms with E-state index in [1.807, 2.05) is 38.1 Å². The molecule has 4 rings (SSSR count). The SMILES string of the molecule is CCOc1cc(/C=C2\SC(=O)N(CC(=O)N3CCCCC3)C2=O)cc(Cl)c1OCc1ccccc1C. The van der Waals surface area contributed by atoms with Gasteiger partial charge in [0, 0.05) is 13.1 Å². The number of aryl methyl sites for hydroxylation is 1. The summed E-state index contributed by atoms with van der Waals surface area (Å²) in [6.07, 6.45) is 4.58. The van der Waals surface area contributed by atoms with Crippen molar-refractivity contribution in [1.29, 1.82) is 0 Å². The fraction of sp³-hybridized carbons (Fsp3) is 0.370. The first-order valence-electron chi connectivity index (χ1n) is 12.0. The van der Waals surface area contributed by atoms with Crippen LogP contribution in [-0.2, 0) is 16.2 Å². The predicted octanol–water partition coefficient (Wildman–Crippen LogP) is 5.67. The van der Waals surface area contributed by atoms with Crippen molar-refractivity contribution < 1.29 is 23.9 Å².